The van der Waals surface area contributed by atoms with Gasteiger partial charge in [0.05, 0.1) is 20.3 Å². The van der Waals surface area contributed by atoms with Gasteiger partial charge in [-0.3, -0.25) is 4.79 Å². The fourth-order valence-electron chi connectivity index (χ4n) is 3.26. The quantitative estimate of drug-likeness (QED) is 0.400. The maximum absolute atomic E-state index is 12.4. The summed E-state index contributed by atoms with van der Waals surface area (Å²) >= 11 is 0. The third-order valence-electron chi connectivity index (χ3n) is 5.05. The molecular formula is C24H25F2NO6. The Hall–Kier alpha value is -3.62. The number of alkyl halides is 2. The number of esters is 1. The molecule has 7 nitrogen and oxygen atoms in total. The van der Waals surface area contributed by atoms with E-state index in [1.165, 1.54) is 31.4 Å². The number of halogens is 2. The van der Waals surface area contributed by atoms with Crippen LogP contribution in [0.15, 0.2) is 48.5 Å². The second-order valence-electron chi connectivity index (χ2n) is 7.39. The van der Waals surface area contributed by atoms with Crippen molar-refractivity contribution in [2.75, 3.05) is 20.8 Å². The van der Waals surface area contributed by atoms with Crippen molar-refractivity contribution >= 4 is 18.0 Å². The van der Waals surface area contributed by atoms with Gasteiger partial charge in [-0.2, -0.15) is 8.78 Å². The molecule has 2 aromatic carbocycles. The molecule has 0 bridgehead atoms. The monoisotopic (exact) mass is 461 g/mol. The number of carbonyl (C=O) groups is 2. The molecule has 0 heterocycles. The zero-order chi connectivity index (χ0) is 23.8. The summed E-state index contributed by atoms with van der Waals surface area (Å²) in [6, 6.07) is 11.5. The number of hydrogen-bond acceptors (Lipinski definition) is 6. The molecule has 0 saturated heterocycles. The second-order valence-corrected chi connectivity index (χ2v) is 7.39. The lowest BCUT2D eigenvalue weighted by atomic mass is 10.0. The summed E-state index contributed by atoms with van der Waals surface area (Å²) in [5.74, 6) is -0.0657. The van der Waals surface area contributed by atoms with Crippen LogP contribution < -0.4 is 19.5 Å². The Bertz CT molecular complexity index is 989. The van der Waals surface area contributed by atoms with E-state index in [9.17, 15) is 18.4 Å². The van der Waals surface area contributed by atoms with Crippen molar-refractivity contribution in [1.29, 1.82) is 0 Å². The molecule has 1 unspecified atom stereocenters. The third kappa shape index (κ3) is 7.20. The van der Waals surface area contributed by atoms with Gasteiger partial charge in [0.2, 0.25) is 0 Å². The molecule has 1 atom stereocenters. The van der Waals surface area contributed by atoms with Crippen molar-refractivity contribution in [1.82, 2.24) is 5.32 Å². The summed E-state index contributed by atoms with van der Waals surface area (Å²) < 4.78 is 44.4. The van der Waals surface area contributed by atoms with Crippen LogP contribution in [-0.4, -0.2) is 39.3 Å². The topological polar surface area (TPSA) is 83.1 Å². The highest BCUT2D eigenvalue weighted by molar-refractivity contribution is 5.89. The number of amides is 1. The van der Waals surface area contributed by atoms with Gasteiger partial charge >= 0.3 is 12.6 Å². The third-order valence-corrected chi connectivity index (χ3v) is 5.05. The van der Waals surface area contributed by atoms with Gasteiger partial charge in [0.15, 0.2) is 18.1 Å². The lowest BCUT2D eigenvalue weighted by molar-refractivity contribution is -0.144. The summed E-state index contributed by atoms with van der Waals surface area (Å²) in [5.41, 5.74) is 1.47. The van der Waals surface area contributed by atoms with E-state index in [2.05, 4.69) is 10.1 Å². The first kappa shape index (κ1) is 24.0. The van der Waals surface area contributed by atoms with E-state index >= 15 is 0 Å². The van der Waals surface area contributed by atoms with Crippen molar-refractivity contribution in [3.8, 4) is 17.2 Å². The van der Waals surface area contributed by atoms with Crippen molar-refractivity contribution in [2.45, 2.75) is 25.5 Å². The van der Waals surface area contributed by atoms with E-state index < -0.39 is 25.1 Å². The molecule has 176 valence electrons. The van der Waals surface area contributed by atoms with E-state index in [0.717, 1.165) is 30.2 Å². The van der Waals surface area contributed by atoms with Crippen molar-refractivity contribution in [3.63, 3.8) is 0 Å². The summed E-state index contributed by atoms with van der Waals surface area (Å²) in [6.07, 6.45) is 4.59. The number of nitrogens with one attached hydrogen (secondary N) is 1. The molecule has 1 N–H and O–H groups in total. The number of methoxy groups -OCH3 is 2. The minimum absolute atomic E-state index is 0.0924. The first-order valence-electron chi connectivity index (χ1n) is 10.3. The van der Waals surface area contributed by atoms with Gasteiger partial charge in [-0.25, -0.2) is 4.79 Å². The van der Waals surface area contributed by atoms with Gasteiger partial charge in [-0.15, -0.1) is 0 Å². The maximum atomic E-state index is 12.4. The number of ether oxygens (including phenoxy) is 4. The Kier molecular flexibility index (Phi) is 8.23. The molecule has 1 amide bonds. The van der Waals surface area contributed by atoms with Crippen LogP contribution in [-0.2, 0) is 14.3 Å². The lowest BCUT2D eigenvalue weighted by Crippen LogP contribution is -2.33. The van der Waals surface area contributed by atoms with Gasteiger partial charge in [0, 0.05) is 6.08 Å². The molecule has 1 aliphatic carbocycles. The van der Waals surface area contributed by atoms with E-state index in [0.29, 0.717) is 11.5 Å². The van der Waals surface area contributed by atoms with Crippen LogP contribution in [0.5, 0.6) is 17.2 Å². The Morgan fingerprint density at radius 3 is 2.39 bits per heavy atom. The van der Waals surface area contributed by atoms with Crippen LogP contribution in [0.25, 0.3) is 6.08 Å². The molecule has 0 spiro atoms. The van der Waals surface area contributed by atoms with Crippen molar-refractivity contribution in [3.05, 3.63) is 59.7 Å². The largest absolute Gasteiger partial charge is 0.497 e. The van der Waals surface area contributed by atoms with Gasteiger partial charge in [-0.1, -0.05) is 18.2 Å². The van der Waals surface area contributed by atoms with Crippen molar-refractivity contribution in [2.24, 2.45) is 5.92 Å². The van der Waals surface area contributed by atoms with Gasteiger partial charge < -0.3 is 24.3 Å². The predicted molar refractivity (Wildman–Crippen MR) is 116 cm³/mol. The van der Waals surface area contributed by atoms with E-state index in [1.807, 2.05) is 24.3 Å². The molecule has 0 aromatic heterocycles. The SMILES string of the molecule is COc1ccc(C(NC(=O)COC(=O)/C=C/c2ccc(OC(F)F)c(OC)c2)C2CC2)cc1. The highest BCUT2D eigenvalue weighted by Gasteiger charge is 2.33. The first-order chi connectivity index (χ1) is 15.9. The minimum atomic E-state index is -2.98. The molecule has 3 rings (SSSR count). The lowest BCUT2D eigenvalue weighted by Gasteiger charge is -2.19. The minimum Gasteiger partial charge on any atom is -0.497 e. The fraction of sp³-hybridized carbons (Fsp3) is 0.333. The summed E-state index contributed by atoms with van der Waals surface area (Å²) in [5, 5.41) is 2.93. The molecule has 1 fully saturated rings. The average molecular weight is 461 g/mol. The van der Waals surface area contributed by atoms with E-state index in [-0.39, 0.29) is 17.5 Å². The molecule has 2 aromatic rings. The Morgan fingerprint density at radius 2 is 1.79 bits per heavy atom. The molecule has 0 radical (unpaired) electrons. The van der Waals surface area contributed by atoms with E-state index in [4.69, 9.17) is 14.2 Å². The molecule has 1 saturated carbocycles. The molecule has 1 aliphatic rings. The van der Waals surface area contributed by atoms with Gasteiger partial charge in [-0.05, 0) is 60.2 Å². The molecule has 33 heavy (non-hydrogen) atoms. The summed E-state index contributed by atoms with van der Waals surface area (Å²) in [4.78, 5) is 24.3. The van der Waals surface area contributed by atoms with Crippen LogP contribution in [0.1, 0.15) is 30.0 Å². The average Bonchev–Trinajstić information content (AvgIpc) is 3.65. The predicted octanol–water partition coefficient (Wildman–Crippen LogP) is 4.13. The van der Waals surface area contributed by atoms with Crippen molar-refractivity contribution < 1.29 is 37.3 Å². The number of rotatable bonds is 11. The normalized spacial score (nSPS) is 14.1. The molecular weight excluding hydrogens is 436 g/mol. The highest BCUT2D eigenvalue weighted by atomic mass is 19.3. The molecule has 9 heteroatoms. The first-order valence-corrected chi connectivity index (χ1v) is 10.3. The summed E-state index contributed by atoms with van der Waals surface area (Å²) in [6.45, 7) is -3.40. The van der Waals surface area contributed by atoms with Gasteiger partial charge in [0.1, 0.15) is 5.75 Å². The van der Waals surface area contributed by atoms with Gasteiger partial charge in [0.25, 0.3) is 5.91 Å². The summed E-state index contributed by atoms with van der Waals surface area (Å²) in [7, 11) is 2.90. The van der Waals surface area contributed by atoms with Crippen LogP contribution in [0.4, 0.5) is 8.78 Å². The standard InChI is InChI=1S/C24H25F2NO6/c1-30-18-9-7-17(8-10-18)23(16-5-6-16)27-21(28)14-32-22(29)12-4-15-3-11-19(33-24(25)26)20(13-15)31-2/h3-4,7-13,16,23-24H,5-6,14H2,1-2H3,(H,27,28)/b12-4+. The van der Waals surface area contributed by atoms with Crippen LogP contribution in [0.3, 0.4) is 0 Å². The highest BCUT2D eigenvalue weighted by Crippen LogP contribution is 2.41. The Morgan fingerprint density at radius 1 is 1.06 bits per heavy atom. The smallest absolute Gasteiger partial charge is 0.387 e. The van der Waals surface area contributed by atoms with Crippen LogP contribution in [0, 0.1) is 5.92 Å². The maximum Gasteiger partial charge on any atom is 0.387 e. The van der Waals surface area contributed by atoms with Crippen LogP contribution >= 0.6 is 0 Å². The van der Waals surface area contributed by atoms with E-state index in [1.54, 1.807) is 7.11 Å². The van der Waals surface area contributed by atoms with Crippen LogP contribution in [0.2, 0.25) is 0 Å². The molecule has 0 aliphatic heterocycles. The zero-order valence-corrected chi connectivity index (χ0v) is 18.3. The Labute approximate surface area is 190 Å². The second kappa shape index (κ2) is 11.3. The fourth-order valence-corrected chi connectivity index (χ4v) is 3.26. The number of benzene rings is 2. The number of carbonyl (C=O) groups excluding carboxylic acids is 2. The number of hydrogen-bond donors (Lipinski definition) is 1. The zero-order valence-electron chi connectivity index (χ0n) is 18.3. The Balaban J connectivity index is 1.52.